The van der Waals surface area contributed by atoms with Gasteiger partial charge in [0, 0.05) is 11.9 Å². The lowest BCUT2D eigenvalue weighted by Gasteiger charge is -2.05. The molecule has 2 heterocycles. The van der Waals surface area contributed by atoms with E-state index in [1.165, 1.54) is 6.20 Å². The first-order valence-electron chi connectivity index (χ1n) is 5.33. The highest BCUT2D eigenvalue weighted by atomic mass is 32.2. The van der Waals surface area contributed by atoms with Gasteiger partial charge in [-0.1, -0.05) is 0 Å². The van der Waals surface area contributed by atoms with E-state index in [9.17, 15) is 13.2 Å². The van der Waals surface area contributed by atoms with Crippen LogP contribution in [0.3, 0.4) is 0 Å². The Hall–Kier alpha value is -2.33. The summed E-state index contributed by atoms with van der Waals surface area (Å²) in [5.74, 6) is -0.878. The second-order valence-electron chi connectivity index (χ2n) is 3.81. The third-order valence-corrected chi connectivity index (χ3v) is 3.30. The van der Waals surface area contributed by atoms with Crippen molar-refractivity contribution in [2.75, 3.05) is 7.11 Å². The largest absolute Gasteiger partial charge is 0.465 e. The first-order chi connectivity index (χ1) is 9.34. The van der Waals surface area contributed by atoms with Crippen LogP contribution in [0.4, 0.5) is 0 Å². The van der Waals surface area contributed by atoms with Crippen LogP contribution in [-0.4, -0.2) is 41.2 Å². The average Bonchev–Trinajstić information content (AvgIpc) is 2.82. The fourth-order valence-corrected chi connectivity index (χ4v) is 2.35. The molecule has 9 nitrogen and oxygen atoms in total. The molecule has 0 aliphatic heterocycles. The van der Waals surface area contributed by atoms with E-state index in [0.717, 1.165) is 18.0 Å². The molecule has 106 valence electrons. The minimum atomic E-state index is -4.22. The Morgan fingerprint density at radius 2 is 2.15 bits per heavy atom. The first kappa shape index (κ1) is 14.1. The highest BCUT2D eigenvalue weighted by Gasteiger charge is 2.28. The fourth-order valence-electron chi connectivity index (χ4n) is 1.54. The number of aromatic nitrogens is 4. The van der Waals surface area contributed by atoms with Crippen molar-refractivity contribution >= 4 is 16.0 Å². The zero-order valence-electron chi connectivity index (χ0n) is 10.6. The Morgan fingerprint density at radius 1 is 1.45 bits per heavy atom. The van der Waals surface area contributed by atoms with Gasteiger partial charge in [0.15, 0.2) is 5.03 Å². The molecule has 0 atom stereocenters. The lowest BCUT2D eigenvalue weighted by molar-refractivity contribution is 0.0596. The van der Waals surface area contributed by atoms with Crippen molar-refractivity contribution in [1.29, 1.82) is 0 Å². The quantitative estimate of drug-likeness (QED) is 0.749. The number of hydrogen-bond donors (Lipinski definition) is 1. The van der Waals surface area contributed by atoms with Crippen LogP contribution in [0, 0.1) is 6.92 Å². The Balaban J connectivity index is 2.73. The topological polar surface area (TPSA) is 130 Å². The van der Waals surface area contributed by atoms with E-state index in [0.29, 0.717) is 5.69 Å². The molecule has 20 heavy (non-hydrogen) atoms. The van der Waals surface area contributed by atoms with Gasteiger partial charge in [0.2, 0.25) is 0 Å². The second kappa shape index (κ2) is 4.98. The average molecular weight is 297 g/mol. The maximum absolute atomic E-state index is 11.7. The molecule has 10 heteroatoms. The number of carbonyl (C=O) groups is 1. The van der Waals surface area contributed by atoms with Crippen LogP contribution >= 0.6 is 0 Å². The van der Waals surface area contributed by atoms with Gasteiger partial charge in [0.1, 0.15) is 5.56 Å². The number of nitrogens with two attached hydrogens (primary N) is 1. The molecule has 2 aromatic heterocycles. The summed E-state index contributed by atoms with van der Waals surface area (Å²) in [5, 5.41) is 8.39. The summed E-state index contributed by atoms with van der Waals surface area (Å²) in [7, 11) is -3.10. The van der Waals surface area contributed by atoms with Gasteiger partial charge in [-0.25, -0.2) is 28.3 Å². The number of hydrogen-bond acceptors (Lipinski definition) is 7. The van der Waals surface area contributed by atoms with Gasteiger partial charge in [0.25, 0.3) is 16.0 Å². The van der Waals surface area contributed by atoms with Crippen molar-refractivity contribution in [3.05, 3.63) is 29.7 Å². The van der Waals surface area contributed by atoms with Crippen LogP contribution in [0.2, 0.25) is 0 Å². The van der Waals surface area contributed by atoms with Gasteiger partial charge in [0.05, 0.1) is 13.3 Å². The molecule has 0 saturated heterocycles. The van der Waals surface area contributed by atoms with E-state index in [1.54, 1.807) is 13.0 Å². The molecule has 0 radical (unpaired) electrons. The molecule has 0 saturated carbocycles. The van der Waals surface area contributed by atoms with Crippen LogP contribution in [-0.2, 0) is 14.8 Å². The number of ether oxygens (including phenoxy) is 1. The van der Waals surface area contributed by atoms with Gasteiger partial charge >= 0.3 is 5.97 Å². The second-order valence-corrected chi connectivity index (χ2v) is 5.29. The summed E-state index contributed by atoms with van der Waals surface area (Å²) in [6, 6.07) is 1.63. The summed E-state index contributed by atoms with van der Waals surface area (Å²) >= 11 is 0. The summed E-state index contributed by atoms with van der Waals surface area (Å²) in [6.45, 7) is 1.70. The monoisotopic (exact) mass is 297 g/mol. The zero-order chi connectivity index (χ0) is 14.9. The Labute approximate surface area is 114 Å². The minimum Gasteiger partial charge on any atom is -0.465 e. The highest BCUT2D eigenvalue weighted by molar-refractivity contribution is 7.89. The highest BCUT2D eigenvalue weighted by Crippen LogP contribution is 2.17. The van der Waals surface area contributed by atoms with Gasteiger partial charge in [-0.15, -0.1) is 0 Å². The van der Waals surface area contributed by atoms with Crippen molar-refractivity contribution < 1.29 is 17.9 Å². The lowest BCUT2D eigenvalue weighted by Crippen LogP contribution is -2.21. The molecule has 0 aliphatic rings. The summed E-state index contributed by atoms with van der Waals surface area (Å²) < 4.78 is 28.7. The Morgan fingerprint density at radius 3 is 2.70 bits per heavy atom. The van der Waals surface area contributed by atoms with E-state index in [-0.39, 0.29) is 11.5 Å². The fraction of sp³-hybridized carbons (Fsp3) is 0.200. The molecule has 2 aromatic rings. The van der Waals surface area contributed by atoms with Gasteiger partial charge < -0.3 is 4.74 Å². The van der Waals surface area contributed by atoms with Crippen molar-refractivity contribution in [3.8, 4) is 5.95 Å². The molecule has 0 unspecified atom stereocenters. The first-order valence-corrected chi connectivity index (χ1v) is 6.88. The molecule has 2 N–H and O–H groups in total. The van der Waals surface area contributed by atoms with Crippen molar-refractivity contribution in [3.63, 3.8) is 0 Å². The van der Waals surface area contributed by atoms with Crippen LogP contribution in [0.25, 0.3) is 5.95 Å². The van der Waals surface area contributed by atoms with E-state index >= 15 is 0 Å². The number of rotatable bonds is 3. The molecular weight excluding hydrogens is 286 g/mol. The number of sulfonamides is 1. The zero-order valence-corrected chi connectivity index (χ0v) is 11.5. The normalized spacial score (nSPS) is 11.3. The van der Waals surface area contributed by atoms with E-state index in [1.807, 2.05) is 0 Å². The van der Waals surface area contributed by atoms with E-state index in [2.05, 4.69) is 19.8 Å². The van der Waals surface area contributed by atoms with Crippen LogP contribution in [0.15, 0.2) is 23.5 Å². The molecule has 0 amide bonds. The molecular formula is C10H11N5O4S. The number of carbonyl (C=O) groups excluding carboxylic acids is 1. The minimum absolute atomic E-state index is 0.0100. The van der Waals surface area contributed by atoms with Gasteiger partial charge in [-0.05, 0) is 13.0 Å². The van der Waals surface area contributed by atoms with Crippen molar-refractivity contribution in [1.82, 2.24) is 19.7 Å². The SMILES string of the molecule is COC(=O)c1cnn(-c2nccc(C)n2)c1S(N)(=O)=O. The molecule has 2 rings (SSSR count). The van der Waals surface area contributed by atoms with Gasteiger partial charge in [-0.2, -0.15) is 9.78 Å². The summed E-state index contributed by atoms with van der Waals surface area (Å²) in [5.41, 5.74) is 0.325. The number of methoxy groups -OCH3 is 1. The van der Waals surface area contributed by atoms with Crippen LogP contribution in [0.5, 0.6) is 0 Å². The van der Waals surface area contributed by atoms with Crippen molar-refractivity contribution in [2.24, 2.45) is 5.14 Å². The maximum Gasteiger partial charge on any atom is 0.342 e. The lowest BCUT2D eigenvalue weighted by atomic mass is 10.4. The molecule has 0 fully saturated rings. The van der Waals surface area contributed by atoms with E-state index in [4.69, 9.17) is 5.14 Å². The maximum atomic E-state index is 11.7. The predicted octanol–water partition coefficient (Wildman–Crippen LogP) is -0.595. The van der Waals surface area contributed by atoms with E-state index < -0.39 is 21.0 Å². The third kappa shape index (κ3) is 2.51. The molecule has 0 aliphatic carbocycles. The molecule has 0 bridgehead atoms. The number of primary sulfonamides is 1. The predicted molar refractivity (Wildman–Crippen MR) is 66.6 cm³/mol. The third-order valence-electron chi connectivity index (χ3n) is 2.37. The number of aryl methyl sites for hydroxylation is 1. The molecule has 0 spiro atoms. The van der Waals surface area contributed by atoms with Crippen LogP contribution in [0.1, 0.15) is 16.1 Å². The van der Waals surface area contributed by atoms with Crippen LogP contribution < -0.4 is 5.14 Å². The standard InChI is InChI=1S/C10H11N5O4S/c1-6-3-4-12-10(14-6)15-8(20(11,17)18)7(5-13-15)9(16)19-2/h3-5H,1-2H3,(H2,11,17,18). The number of esters is 1. The molecule has 0 aromatic carbocycles. The van der Waals surface area contributed by atoms with Gasteiger partial charge in [-0.3, -0.25) is 0 Å². The summed E-state index contributed by atoms with van der Waals surface area (Å²) in [4.78, 5) is 19.5. The van der Waals surface area contributed by atoms with Crippen molar-refractivity contribution in [2.45, 2.75) is 11.9 Å². The number of nitrogens with zero attached hydrogens (tertiary/aromatic N) is 4. The Kier molecular flexibility index (Phi) is 3.51. The Bertz CT molecular complexity index is 768. The smallest absolute Gasteiger partial charge is 0.342 e. The summed E-state index contributed by atoms with van der Waals surface area (Å²) in [6.07, 6.45) is 2.47.